The van der Waals surface area contributed by atoms with Crippen LogP contribution in [0.3, 0.4) is 0 Å². The third-order valence-corrected chi connectivity index (χ3v) is 4.70. The molecule has 0 fully saturated rings. The quantitative estimate of drug-likeness (QED) is 0.611. The summed E-state index contributed by atoms with van der Waals surface area (Å²) in [5, 5.41) is 3.76. The number of carbonyl (C=O) groups excluding carboxylic acids is 1. The Kier molecular flexibility index (Phi) is 3.95. The normalized spacial score (nSPS) is 11.3. The topological polar surface area (TPSA) is 51.9 Å². The zero-order chi connectivity index (χ0) is 18.3. The molecule has 132 valence electrons. The molecule has 0 atom stereocenters. The van der Waals surface area contributed by atoms with E-state index in [4.69, 9.17) is 0 Å². The van der Waals surface area contributed by atoms with Gasteiger partial charge in [0.05, 0.1) is 23.1 Å². The number of carbonyl (C=O) groups is 1. The molecular formula is C20H19FN4O. The number of imidazole rings is 1. The zero-order valence-electron chi connectivity index (χ0n) is 14.7. The first-order valence-corrected chi connectivity index (χ1v) is 8.56. The van der Waals surface area contributed by atoms with Gasteiger partial charge in [0.1, 0.15) is 17.3 Å². The monoisotopic (exact) mass is 350 g/mol. The summed E-state index contributed by atoms with van der Waals surface area (Å²) in [5.41, 5.74) is 3.15. The van der Waals surface area contributed by atoms with Crippen molar-refractivity contribution in [2.45, 2.75) is 20.0 Å². The molecule has 0 aliphatic heterocycles. The molecule has 0 aliphatic rings. The Morgan fingerprint density at radius 3 is 2.77 bits per heavy atom. The van der Waals surface area contributed by atoms with Gasteiger partial charge < -0.3 is 14.5 Å². The lowest BCUT2D eigenvalue weighted by Gasteiger charge is -2.08. The zero-order valence-corrected chi connectivity index (χ0v) is 14.7. The van der Waals surface area contributed by atoms with E-state index in [2.05, 4.69) is 21.8 Å². The van der Waals surface area contributed by atoms with Crippen molar-refractivity contribution < 1.29 is 9.18 Å². The van der Waals surface area contributed by atoms with Crippen molar-refractivity contribution in [3.63, 3.8) is 0 Å². The molecule has 26 heavy (non-hydrogen) atoms. The lowest BCUT2D eigenvalue weighted by atomic mass is 10.2. The maximum atomic E-state index is 13.5. The molecule has 2 heterocycles. The fourth-order valence-electron chi connectivity index (χ4n) is 3.38. The number of halogens is 1. The van der Waals surface area contributed by atoms with E-state index in [1.165, 1.54) is 12.1 Å². The molecule has 4 aromatic rings. The Morgan fingerprint density at radius 1 is 1.15 bits per heavy atom. The third-order valence-electron chi connectivity index (χ3n) is 4.70. The Bertz CT molecular complexity index is 1130. The SMILES string of the molecule is CCn1c(CNC(=O)c2cc3ccc(F)cc3n2C)nc2ccccc21. The summed E-state index contributed by atoms with van der Waals surface area (Å²) in [6.07, 6.45) is 0. The lowest BCUT2D eigenvalue weighted by Crippen LogP contribution is -2.26. The van der Waals surface area contributed by atoms with Crippen LogP contribution in [0.2, 0.25) is 0 Å². The van der Waals surface area contributed by atoms with E-state index in [0.29, 0.717) is 17.8 Å². The van der Waals surface area contributed by atoms with Gasteiger partial charge in [0.2, 0.25) is 0 Å². The second-order valence-corrected chi connectivity index (χ2v) is 6.24. The number of benzene rings is 2. The Balaban J connectivity index is 1.61. The summed E-state index contributed by atoms with van der Waals surface area (Å²) in [5.74, 6) is 0.285. The van der Waals surface area contributed by atoms with E-state index < -0.39 is 0 Å². The molecule has 0 bridgehead atoms. The summed E-state index contributed by atoms with van der Waals surface area (Å²) < 4.78 is 17.3. The molecule has 2 aromatic carbocycles. The molecule has 6 heteroatoms. The molecule has 5 nitrogen and oxygen atoms in total. The number of aromatic nitrogens is 3. The molecule has 4 rings (SSSR count). The van der Waals surface area contributed by atoms with Crippen molar-refractivity contribution in [3.8, 4) is 0 Å². The average molecular weight is 350 g/mol. The first kappa shape index (κ1) is 16.3. The van der Waals surface area contributed by atoms with Gasteiger partial charge in [-0.25, -0.2) is 9.37 Å². The fourth-order valence-corrected chi connectivity index (χ4v) is 3.38. The van der Waals surface area contributed by atoms with Crippen molar-refractivity contribution in [2.75, 3.05) is 0 Å². The number of hydrogen-bond acceptors (Lipinski definition) is 2. The van der Waals surface area contributed by atoms with E-state index in [1.807, 2.05) is 24.3 Å². The van der Waals surface area contributed by atoms with Crippen LogP contribution in [0.25, 0.3) is 21.9 Å². The Hall–Kier alpha value is -3.15. The molecule has 0 spiro atoms. The Labute approximate surface area is 150 Å². The highest BCUT2D eigenvalue weighted by atomic mass is 19.1. The van der Waals surface area contributed by atoms with E-state index in [1.54, 1.807) is 23.7 Å². The van der Waals surface area contributed by atoms with Gasteiger partial charge in [-0.2, -0.15) is 0 Å². The summed E-state index contributed by atoms with van der Waals surface area (Å²) >= 11 is 0. The summed E-state index contributed by atoms with van der Waals surface area (Å²) in [6, 6.07) is 14.2. The largest absolute Gasteiger partial charge is 0.344 e. The number of amides is 1. The van der Waals surface area contributed by atoms with Gasteiger partial charge in [0.25, 0.3) is 5.91 Å². The van der Waals surface area contributed by atoms with Gasteiger partial charge in [-0.1, -0.05) is 12.1 Å². The standard InChI is InChI=1S/C20H19FN4O/c1-3-25-16-7-5-4-6-15(16)23-19(25)12-22-20(26)18-10-13-8-9-14(21)11-17(13)24(18)2/h4-11H,3,12H2,1-2H3,(H,22,26). The maximum Gasteiger partial charge on any atom is 0.268 e. The molecule has 1 N–H and O–H groups in total. The van der Waals surface area contributed by atoms with E-state index >= 15 is 0 Å². The molecule has 0 saturated heterocycles. The smallest absolute Gasteiger partial charge is 0.268 e. The van der Waals surface area contributed by atoms with E-state index in [9.17, 15) is 9.18 Å². The number of hydrogen-bond donors (Lipinski definition) is 1. The predicted octanol–water partition coefficient (Wildman–Crippen LogP) is 3.62. The third kappa shape index (κ3) is 2.63. The molecule has 1 amide bonds. The predicted molar refractivity (Wildman–Crippen MR) is 99.5 cm³/mol. The van der Waals surface area contributed by atoms with Crippen LogP contribution >= 0.6 is 0 Å². The van der Waals surface area contributed by atoms with Gasteiger partial charge >= 0.3 is 0 Å². The number of aryl methyl sites for hydroxylation is 2. The lowest BCUT2D eigenvalue weighted by molar-refractivity contribution is 0.0942. The van der Waals surface area contributed by atoms with Crippen molar-refractivity contribution in [1.82, 2.24) is 19.4 Å². The second-order valence-electron chi connectivity index (χ2n) is 6.24. The fraction of sp³-hybridized carbons (Fsp3) is 0.200. The minimum Gasteiger partial charge on any atom is -0.344 e. The van der Waals surface area contributed by atoms with Crippen LogP contribution in [0.1, 0.15) is 23.2 Å². The average Bonchev–Trinajstić information content (AvgIpc) is 3.17. The van der Waals surface area contributed by atoms with Crippen LogP contribution in [0.15, 0.2) is 48.5 Å². The van der Waals surface area contributed by atoms with E-state index in [0.717, 1.165) is 28.8 Å². The maximum absolute atomic E-state index is 13.5. The highest BCUT2D eigenvalue weighted by Crippen LogP contribution is 2.20. The highest BCUT2D eigenvalue weighted by molar-refractivity contribution is 5.98. The number of nitrogens with one attached hydrogen (secondary N) is 1. The molecule has 0 aliphatic carbocycles. The number of fused-ring (bicyclic) bond motifs is 2. The molecule has 2 aromatic heterocycles. The first-order chi connectivity index (χ1) is 12.6. The number of rotatable bonds is 4. The van der Waals surface area contributed by atoms with Crippen LogP contribution in [0.5, 0.6) is 0 Å². The van der Waals surface area contributed by atoms with Crippen molar-refractivity contribution >= 4 is 27.8 Å². The van der Waals surface area contributed by atoms with Crippen LogP contribution < -0.4 is 5.32 Å². The molecule has 0 saturated carbocycles. The van der Waals surface area contributed by atoms with Crippen molar-refractivity contribution in [2.24, 2.45) is 7.05 Å². The van der Waals surface area contributed by atoms with Crippen LogP contribution in [0, 0.1) is 5.82 Å². The van der Waals surface area contributed by atoms with Crippen LogP contribution in [-0.4, -0.2) is 20.0 Å². The summed E-state index contributed by atoms with van der Waals surface area (Å²) in [7, 11) is 1.76. The second kappa shape index (κ2) is 6.29. The highest BCUT2D eigenvalue weighted by Gasteiger charge is 2.15. The number of nitrogens with zero attached hydrogens (tertiary/aromatic N) is 3. The van der Waals surface area contributed by atoms with Crippen molar-refractivity contribution in [3.05, 3.63) is 65.9 Å². The Morgan fingerprint density at radius 2 is 1.96 bits per heavy atom. The molecule has 0 unspecified atom stereocenters. The van der Waals surface area contributed by atoms with Gasteiger partial charge in [-0.15, -0.1) is 0 Å². The molecule has 0 radical (unpaired) electrons. The minimum absolute atomic E-state index is 0.209. The minimum atomic E-state index is -0.317. The molecular weight excluding hydrogens is 331 g/mol. The first-order valence-electron chi connectivity index (χ1n) is 8.56. The van der Waals surface area contributed by atoms with Gasteiger partial charge in [-0.3, -0.25) is 4.79 Å². The summed E-state index contributed by atoms with van der Waals surface area (Å²) in [6.45, 7) is 3.16. The number of para-hydroxylation sites is 2. The summed E-state index contributed by atoms with van der Waals surface area (Å²) in [4.78, 5) is 17.3. The van der Waals surface area contributed by atoms with Crippen molar-refractivity contribution in [1.29, 1.82) is 0 Å². The van der Waals surface area contributed by atoms with E-state index in [-0.39, 0.29) is 11.7 Å². The van der Waals surface area contributed by atoms with Crippen LogP contribution in [-0.2, 0) is 20.1 Å². The van der Waals surface area contributed by atoms with Gasteiger partial charge in [0, 0.05) is 19.0 Å². The van der Waals surface area contributed by atoms with Gasteiger partial charge in [-0.05, 0) is 43.3 Å². The van der Waals surface area contributed by atoms with Gasteiger partial charge in [0.15, 0.2) is 0 Å². The van der Waals surface area contributed by atoms with Crippen LogP contribution in [0.4, 0.5) is 4.39 Å².